The molecule has 2 unspecified atom stereocenters. The third-order valence-electron chi connectivity index (χ3n) is 4.86. The van der Waals surface area contributed by atoms with Gasteiger partial charge in [0.2, 0.25) is 0 Å². The van der Waals surface area contributed by atoms with Crippen LogP contribution in [0.1, 0.15) is 18.0 Å². The summed E-state index contributed by atoms with van der Waals surface area (Å²) >= 11 is 0. The van der Waals surface area contributed by atoms with Crippen molar-refractivity contribution in [3.05, 3.63) is 23.8 Å². The smallest absolute Gasteiger partial charge is 0.162 e. The van der Waals surface area contributed by atoms with E-state index >= 15 is 0 Å². The van der Waals surface area contributed by atoms with Crippen molar-refractivity contribution in [2.24, 2.45) is 11.7 Å². The van der Waals surface area contributed by atoms with Crippen LogP contribution >= 0.6 is 0 Å². The fourth-order valence-electron chi connectivity index (χ4n) is 3.55. The highest BCUT2D eigenvalue weighted by atomic mass is 16.5. The number of methoxy groups -OCH3 is 1. The lowest BCUT2D eigenvalue weighted by Crippen LogP contribution is -2.51. The molecule has 2 aliphatic rings. The van der Waals surface area contributed by atoms with Crippen LogP contribution in [0.25, 0.3) is 0 Å². The fourth-order valence-corrected chi connectivity index (χ4v) is 3.55. The number of benzene rings is 1. The van der Waals surface area contributed by atoms with Gasteiger partial charge in [0, 0.05) is 25.7 Å². The van der Waals surface area contributed by atoms with Crippen LogP contribution in [0.5, 0.6) is 11.5 Å². The number of likely N-dealkylation sites (tertiary alicyclic amines) is 2. The second kappa shape index (κ2) is 6.44. The highest BCUT2D eigenvalue weighted by Crippen LogP contribution is 2.38. The van der Waals surface area contributed by atoms with Crippen LogP contribution in [0.3, 0.4) is 0 Å². The minimum atomic E-state index is 0.271. The molecule has 2 heterocycles. The predicted octanol–water partition coefficient (Wildman–Crippen LogP) is 1.34. The van der Waals surface area contributed by atoms with Crippen molar-refractivity contribution in [1.82, 2.24) is 9.80 Å². The molecule has 2 atom stereocenters. The van der Waals surface area contributed by atoms with E-state index < -0.39 is 0 Å². The molecule has 0 radical (unpaired) electrons. The number of nitrogens with zero attached hydrogens (tertiary/aromatic N) is 2. The molecule has 3 rings (SSSR count). The van der Waals surface area contributed by atoms with E-state index in [4.69, 9.17) is 15.2 Å². The largest absolute Gasteiger partial charge is 0.493 e. The van der Waals surface area contributed by atoms with Gasteiger partial charge in [0.15, 0.2) is 11.5 Å². The van der Waals surface area contributed by atoms with E-state index in [1.165, 1.54) is 5.56 Å². The van der Waals surface area contributed by atoms with E-state index in [1.54, 1.807) is 7.11 Å². The normalized spacial score (nSPS) is 26.9. The third-order valence-corrected chi connectivity index (χ3v) is 4.86. The molecule has 0 aromatic heterocycles. The van der Waals surface area contributed by atoms with Crippen molar-refractivity contribution >= 4 is 0 Å². The first-order chi connectivity index (χ1) is 10.6. The molecule has 1 aromatic rings. The number of hydrogen-bond donors (Lipinski definition) is 1. The SMILES string of the molecule is COc1ccc(C2CC(CN)CN2C)cc1OC1CN(C)C1. The van der Waals surface area contributed by atoms with Crippen LogP contribution in [0.2, 0.25) is 0 Å². The van der Waals surface area contributed by atoms with Crippen molar-refractivity contribution in [3.8, 4) is 11.5 Å². The second-order valence-corrected chi connectivity index (χ2v) is 6.66. The summed E-state index contributed by atoms with van der Waals surface area (Å²) in [5.74, 6) is 2.26. The van der Waals surface area contributed by atoms with Crippen LogP contribution in [-0.2, 0) is 0 Å². The third kappa shape index (κ3) is 3.07. The zero-order valence-corrected chi connectivity index (χ0v) is 13.8. The molecule has 122 valence electrons. The van der Waals surface area contributed by atoms with Gasteiger partial charge < -0.3 is 15.2 Å². The molecule has 0 aliphatic carbocycles. The van der Waals surface area contributed by atoms with E-state index in [0.717, 1.165) is 44.1 Å². The van der Waals surface area contributed by atoms with Crippen molar-refractivity contribution < 1.29 is 9.47 Å². The van der Waals surface area contributed by atoms with Gasteiger partial charge in [-0.1, -0.05) is 6.07 Å². The van der Waals surface area contributed by atoms with Gasteiger partial charge in [-0.15, -0.1) is 0 Å². The molecule has 1 aromatic carbocycles. The van der Waals surface area contributed by atoms with E-state index in [0.29, 0.717) is 12.0 Å². The molecule has 2 aliphatic heterocycles. The molecule has 5 heteroatoms. The first-order valence-corrected chi connectivity index (χ1v) is 8.04. The van der Waals surface area contributed by atoms with Crippen molar-refractivity contribution in [3.63, 3.8) is 0 Å². The van der Waals surface area contributed by atoms with Crippen LogP contribution in [0.15, 0.2) is 18.2 Å². The van der Waals surface area contributed by atoms with Gasteiger partial charge >= 0.3 is 0 Å². The Morgan fingerprint density at radius 1 is 1.18 bits per heavy atom. The molecular formula is C17H27N3O2. The Balaban J connectivity index is 1.77. The second-order valence-electron chi connectivity index (χ2n) is 6.66. The summed E-state index contributed by atoms with van der Waals surface area (Å²) in [5.41, 5.74) is 7.13. The monoisotopic (exact) mass is 305 g/mol. The molecule has 0 saturated carbocycles. The molecule has 2 saturated heterocycles. The van der Waals surface area contributed by atoms with E-state index in [-0.39, 0.29) is 6.10 Å². The molecule has 2 fully saturated rings. The lowest BCUT2D eigenvalue weighted by molar-refractivity contribution is 0.0368. The van der Waals surface area contributed by atoms with E-state index in [1.807, 2.05) is 6.07 Å². The quantitative estimate of drug-likeness (QED) is 0.890. The molecule has 22 heavy (non-hydrogen) atoms. The summed E-state index contributed by atoms with van der Waals surface area (Å²) in [6.07, 6.45) is 1.39. The number of likely N-dealkylation sites (N-methyl/N-ethyl adjacent to an activating group) is 1. The Bertz CT molecular complexity index is 517. The summed E-state index contributed by atoms with van der Waals surface area (Å²) < 4.78 is 11.6. The Morgan fingerprint density at radius 2 is 1.95 bits per heavy atom. The maximum absolute atomic E-state index is 6.12. The number of ether oxygens (including phenoxy) is 2. The Hall–Kier alpha value is -1.30. The fraction of sp³-hybridized carbons (Fsp3) is 0.647. The van der Waals surface area contributed by atoms with Gasteiger partial charge in [-0.2, -0.15) is 0 Å². The van der Waals surface area contributed by atoms with Gasteiger partial charge in [-0.25, -0.2) is 0 Å². The first kappa shape index (κ1) is 15.6. The van der Waals surface area contributed by atoms with Gasteiger partial charge in [0.1, 0.15) is 6.10 Å². The molecule has 5 nitrogen and oxygen atoms in total. The van der Waals surface area contributed by atoms with Crippen molar-refractivity contribution in [1.29, 1.82) is 0 Å². The zero-order chi connectivity index (χ0) is 15.7. The van der Waals surface area contributed by atoms with Crippen LogP contribution in [-0.4, -0.2) is 63.3 Å². The Kier molecular flexibility index (Phi) is 4.57. The molecule has 0 spiro atoms. The highest BCUT2D eigenvalue weighted by Gasteiger charge is 2.31. The maximum Gasteiger partial charge on any atom is 0.162 e. The minimum absolute atomic E-state index is 0.271. The lowest BCUT2D eigenvalue weighted by Gasteiger charge is -2.36. The number of rotatable bonds is 5. The minimum Gasteiger partial charge on any atom is -0.493 e. The predicted molar refractivity (Wildman–Crippen MR) is 87.4 cm³/mol. The molecule has 2 N–H and O–H groups in total. The topological polar surface area (TPSA) is 51.0 Å². The Morgan fingerprint density at radius 3 is 2.55 bits per heavy atom. The molecular weight excluding hydrogens is 278 g/mol. The summed E-state index contributed by atoms with van der Waals surface area (Å²) in [5, 5.41) is 0. The summed E-state index contributed by atoms with van der Waals surface area (Å²) in [6.45, 7) is 3.78. The van der Waals surface area contributed by atoms with Crippen LogP contribution in [0.4, 0.5) is 0 Å². The van der Waals surface area contributed by atoms with Crippen molar-refractivity contribution in [2.75, 3.05) is 47.4 Å². The summed E-state index contributed by atoms with van der Waals surface area (Å²) in [6, 6.07) is 6.75. The van der Waals surface area contributed by atoms with Crippen molar-refractivity contribution in [2.45, 2.75) is 18.6 Å². The average Bonchev–Trinajstić information content (AvgIpc) is 2.87. The van der Waals surface area contributed by atoms with Crippen LogP contribution < -0.4 is 15.2 Å². The van der Waals surface area contributed by atoms with E-state index in [2.05, 4.69) is 36.0 Å². The number of hydrogen-bond acceptors (Lipinski definition) is 5. The van der Waals surface area contributed by atoms with Gasteiger partial charge in [-0.3, -0.25) is 9.80 Å². The summed E-state index contributed by atoms with van der Waals surface area (Å²) in [4.78, 5) is 4.64. The molecule has 0 bridgehead atoms. The summed E-state index contributed by atoms with van der Waals surface area (Å²) in [7, 11) is 5.97. The first-order valence-electron chi connectivity index (χ1n) is 8.04. The lowest BCUT2D eigenvalue weighted by atomic mass is 9.99. The van der Waals surface area contributed by atoms with Crippen LogP contribution in [0, 0.1) is 5.92 Å². The van der Waals surface area contributed by atoms with Gasteiger partial charge in [0.25, 0.3) is 0 Å². The zero-order valence-electron chi connectivity index (χ0n) is 13.8. The van der Waals surface area contributed by atoms with Gasteiger partial charge in [-0.05, 0) is 50.7 Å². The molecule has 0 amide bonds. The standard InChI is InChI=1S/C17H27N3O2/c1-19-10-14(11-19)22-17-7-13(4-5-16(17)21-3)15-6-12(8-18)9-20(15)2/h4-5,7,12,14-15H,6,8-11,18H2,1-3H3. The highest BCUT2D eigenvalue weighted by molar-refractivity contribution is 5.44. The van der Waals surface area contributed by atoms with Gasteiger partial charge in [0.05, 0.1) is 7.11 Å². The maximum atomic E-state index is 6.12. The Labute approximate surface area is 133 Å². The van der Waals surface area contributed by atoms with E-state index in [9.17, 15) is 0 Å². The average molecular weight is 305 g/mol. The number of nitrogens with two attached hydrogens (primary N) is 1.